The molecule has 0 aliphatic heterocycles. The third-order valence-electron chi connectivity index (χ3n) is 4.23. The maximum absolute atomic E-state index is 12.9. The molecule has 0 spiro atoms. The Bertz CT molecular complexity index is 745. The SMILES string of the molecule is CCc1ccc(NC(=O)CN(CC)CC(=O)NCc2ccc(F)cc2)cc1. The third kappa shape index (κ3) is 7.19. The maximum Gasteiger partial charge on any atom is 0.238 e. The van der Waals surface area contributed by atoms with Crippen LogP contribution in [-0.4, -0.2) is 36.3 Å². The summed E-state index contributed by atoms with van der Waals surface area (Å²) >= 11 is 0. The largest absolute Gasteiger partial charge is 0.351 e. The van der Waals surface area contributed by atoms with Crippen molar-refractivity contribution >= 4 is 17.5 Å². The highest BCUT2D eigenvalue weighted by atomic mass is 19.1. The minimum Gasteiger partial charge on any atom is -0.351 e. The zero-order valence-corrected chi connectivity index (χ0v) is 15.8. The molecule has 0 aromatic heterocycles. The van der Waals surface area contributed by atoms with Crippen molar-refractivity contribution in [3.05, 3.63) is 65.5 Å². The lowest BCUT2D eigenvalue weighted by Gasteiger charge is -2.19. The van der Waals surface area contributed by atoms with Crippen molar-refractivity contribution in [1.29, 1.82) is 0 Å². The monoisotopic (exact) mass is 371 g/mol. The van der Waals surface area contributed by atoms with Crippen LogP contribution in [0.15, 0.2) is 48.5 Å². The van der Waals surface area contributed by atoms with Gasteiger partial charge in [-0.1, -0.05) is 38.1 Å². The molecular formula is C21H26FN3O2. The van der Waals surface area contributed by atoms with Crippen LogP contribution in [0.3, 0.4) is 0 Å². The number of likely N-dealkylation sites (N-methyl/N-ethyl adjacent to an activating group) is 1. The lowest BCUT2D eigenvalue weighted by Crippen LogP contribution is -2.40. The van der Waals surface area contributed by atoms with Crippen LogP contribution in [0, 0.1) is 5.82 Å². The molecule has 2 amide bonds. The van der Waals surface area contributed by atoms with Gasteiger partial charge in [0.15, 0.2) is 0 Å². The summed E-state index contributed by atoms with van der Waals surface area (Å²) in [5, 5.41) is 5.63. The van der Waals surface area contributed by atoms with Crippen molar-refractivity contribution in [2.75, 3.05) is 25.0 Å². The Kier molecular flexibility index (Phi) is 7.95. The van der Waals surface area contributed by atoms with Crippen LogP contribution < -0.4 is 10.6 Å². The molecule has 0 saturated heterocycles. The van der Waals surface area contributed by atoms with Crippen LogP contribution in [0.2, 0.25) is 0 Å². The van der Waals surface area contributed by atoms with E-state index in [1.54, 1.807) is 17.0 Å². The van der Waals surface area contributed by atoms with Crippen molar-refractivity contribution < 1.29 is 14.0 Å². The molecule has 0 heterocycles. The Morgan fingerprint density at radius 3 is 2.07 bits per heavy atom. The lowest BCUT2D eigenvalue weighted by atomic mass is 10.1. The van der Waals surface area contributed by atoms with E-state index in [4.69, 9.17) is 0 Å². The number of carbonyl (C=O) groups is 2. The number of rotatable bonds is 9. The fraction of sp³-hybridized carbons (Fsp3) is 0.333. The van der Waals surface area contributed by atoms with E-state index in [0.717, 1.165) is 17.7 Å². The average Bonchev–Trinajstić information content (AvgIpc) is 2.67. The van der Waals surface area contributed by atoms with Gasteiger partial charge in [-0.25, -0.2) is 4.39 Å². The molecular weight excluding hydrogens is 345 g/mol. The highest BCUT2D eigenvalue weighted by Crippen LogP contribution is 2.10. The van der Waals surface area contributed by atoms with Gasteiger partial charge in [0.05, 0.1) is 13.1 Å². The van der Waals surface area contributed by atoms with Gasteiger partial charge in [-0.2, -0.15) is 0 Å². The molecule has 0 aliphatic rings. The summed E-state index contributed by atoms with van der Waals surface area (Å²) in [4.78, 5) is 26.1. The fourth-order valence-corrected chi connectivity index (χ4v) is 2.57. The minimum atomic E-state index is -0.308. The quantitative estimate of drug-likeness (QED) is 0.712. The summed E-state index contributed by atoms with van der Waals surface area (Å²) in [6.45, 7) is 5.14. The second kappa shape index (κ2) is 10.4. The topological polar surface area (TPSA) is 61.4 Å². The molecule has 0 fully saturated rings. The maximum atomic E-state index is 12.9. The Morgan fingerprint density at radius 1 is 0.889 bits per heavy atom. The van der Waals surface area contributed by atoms with Crippen LogP contribution >= 0.6 is 0 Å². The Labute approximate surface area is 159 Å². The number of hydrogen-bond acceptors (Lipinski definition) is 3. The van der Waals surface area contributed by atoms with Crippen LogP contribution in [0.4, 0.5) is 10.1 Å². The molecule has 0 bridgehead atoms. The highest BCUT2D eigenvalue weighted by Gasteiger charge is 2.13. The normalized spacial score (nSPS) is 10.7. The summed E-state index contributed by atoms with van der Waals surface area (Å²) in [5.41, 5.74) is 2.77. The van der Waals surface area contributed by atoms with Gasteiger partial charge in [0.2, 0.25) is 11.8 Å². The molecule has 2 rings (SSSR count). The van der Waals surface area contributed by atoms with Gasteiger partial charge in [-0.15, -0.1) is 0 Å². The Morgan fingerprint density at radius 2 is 1.48 bits per heavy atom. The van der Waals surface area contributed by atoms with E-state index in [1.807, 2.05) is 31.2 Å². The molecule has 2 aromatic carbocycles. The summed E-state index contributed by atoms with van der Waals surface area (Å²) in [7, 11) is 0. The fourth-order valence-electron chi connectivity index (χ4n) is 2.57. The van der Waals surface area contributed by atoms with E-state index < -0.39 is 0 Å². The number of aryl methyl sites for hydroxylation is 1. The smallest absolute Gasteiger partial charge is 0.238 e. The second-order valence-electron chi connectivity index (χ2n) is 6.31. The van der Waals surface area contributed by atoms with Crippen LogP contribution in [-0.2, 0) is 22.6 Å². The molecule has 0 saturated carbocycles. The van der Waals surface area contributed by atoms with E-state index >= 15 is 0 Å². The number of amides is 2. The van der Waals surface area contributed by atoms with Crippen LogP contribution in [0.1, 0.15) is 25.0 Å². The average molecular weight is 371 g/mol. The summed E-state index contributed by atoms with van der Waals surface area (Å²) in [5.74, 6) is -0.647. The van der Waals surface area contributed by atoms with Gasteiger partial charge in [0.1, 0.15) is 5.82 Å². The van der Waals surface area contributed by atoms with Gasteiger partial charge < -0.3 is 10.6 Å². The van der Waals surface area contributed by atoms with E-state index in [9.17, 15) is 14.0 Å². The van der Waals surface area contributed by atoms with Crippen molar-refractivity contribution in [2.24, 2.45) is 0 Å². The molecule has 0 atom stereocenters. The van der Waals surface area contributed by atoms with Gasteiger partial charge in [-0.05, 0) is 48.4 Å². The van der Waals surface area contributed by atoms with E-state index in [2.05, 4.69) is 17.6 Å². The molecule has 0 radical (unpaired) electrons. The van der Waals surface area contributed by atoms with E-state index in [-0.39, 0.29) is 30.7 Å². The number of hydrogen-bond donors (Lipinski definition) is 2. The van der Waals surface area contributed by atoms with Gasteiger partial charge >= 0.3 is 0 Å². The van der Waals surface area contributed by atoms with Gasteiger partial charge in [0.25, 0.3) is 0 Å². The standard InChI is InChI=1S/C21H26FN3O2/c1-3-16-7-11-19(12-8-16)24-21(27)15-25(4-2)14-20(26)23-13-17-5-9-18(22)10-6-17/h5-12H,3-4,13-15H2,1-2H3,(H,23,26)(H,24,27). The predicted octanol–water partition coefficient (Wildman–Crippen LogP) is 2.96. The van der Waals surface area contributed by atoms with E-state index in [1.165, 1.54) is 17.7 Å². The van der Waals surface area contributed by atoms with Crippen molar-refractivity contribution in [1.82, 2.24) is 10.2 Å². The summed E-state index contributed by atoms with van der Waals surface area (Å²) in [6.07, 6.45) is 0.949. The number of halogens is 1. The third-order valence-corrected chi connectivity index (χ3v) is 4.23. The van der Waals surface area contributed by atoms with E-state index in [0.29, 0.717) is 13.1 Å². The molecule has 0 unspecified atom stereocenters. The molecule has 6 heteroatoms. The summed E-state index contributed by atoms with van der Waals surface area (Å²) < 4.78 is 12.9. The number of nitrogens with one attached hydrogen (secondary N) is 2. The molecule has 0 aliphatic carbocycles. The lowest BCUT2D eigenvalue weighted by molar-refractivity contribution is -0.123. The first kappa shape index (κ1) is 20.6. The molecule has 144 valence electrons. The first-order valence-corrected chi connectivity index (χ1v) is 9.12. The van der Waals surface area contributed by atoms with Crippen molar-refractivity contribution in [3.8, 4) is 0 Å². The molecule has 2 N–H and O–H groups in total. The zero-order chi connectivity index (χ0) is 19.6. The molecule has 2 aromatic rings. The van der Waals surface area contributed by atoms with Crippen molar-refractivity contribution in [3.63, 3.8) is 0 Å². The zero-order valence-electron chi connectivity index (χ0n) is 15.8. The Hall–Kier alpha value is -2.73. The highest BCUT2D eigenvalue weighted by molar-refractivity contribution is 5.92. The second-order valence-corrected chi connectivity index (χ2v) is 6.31. The molecule has 5 nitrogen and oxygen atoms in total. The van der Waals surface area contributed by atoms with Crippen LogP contribution in [0.5, 0.6) is 0 Å². The summed E-state index contributed by atoms with van der Waals surface area (Å²) in [6, 6.07) is 13.7. The number of nitrogens with zero attached hydrogens (tertiary/aromatic N) is 1. The number of carbonyl (C=O) groups excluding carboxylic acids is 2. The first-order chi connectivity index (χ1) is 13.0. The first-order valence-electron chi connectivity index (χ1n) is 9.12. The molecule has 27 heavy (non-hydrogen) atoms. The number of anilines is 1. The number of benzene rings is 2. The minimum absolute atomic E-state index is 0.125. The Balaban J connectivity index is 1.78. The van der Waals surface area contributed by atoms with Gasteiger partial charge in [-0.3, -0.25) is 14.5 Å². The van der Waals surface area contributed by atoms with Gasteiger partial charge in [0, 0.05) is 12.2 Å². The van der Waals surface area contributed by atoms with Crippen molar-refractivity contribution in [2.45, 2.75) is 26.8 Å². The van der Waals surface area contributed by atoms with Crippen LogP contribution in [0.25, 0.3) is 0 Å². The predicted molar refractivity (Wildman–Crippen MR) is 105 cm³/mol.